The van der Waals surface area contributed by atoms with Crippen LogP contribution < -0.4 is 0 Å². The molecule has 2 aliphatic rings. The number of ether oxygens (including phenoxy) is 1. The molecule has 0 radical (unpaired) electrons. The van der Waals surface area contributed by atoms with E-state index >= 15 is 0 Å². The van der Waals surface area contributed by atoms with Crippen molar-refractivity contribution in [1.82, 2.24) is 4.31 Å². The third kappa shape index (κ3) is 3.82. The second-order valence-corrected chi connectivity index (χ2v) is 9.48. The standard InChI is InChI=1S/C18H29N2O3S/c1-20(2,17-7-3-4-8-17)15-16-6-5-9-18(14-16)24(21,22)19-10-12-23-13-11-19/h5-6,9,14,17H,3-4,7-8,10-13,15H2,1-2H3/q+1. The zero-order valence-electron chi connectivity index (χ0n) is 14.8. The SMILES string of the molecule is C[N+](C)(Cc1cccc(S(=O)(=O)N2CCOCC2)c1)C1CCCC1. The molecular formula is C18H29N2O3S+. The lowest BCUT2D eigenvalue weighted by Crippen LogP contribution is -2.46. The van der Waals surface area contributed by atoms with E-state index in [1.807, 2.05) is 18.2 Å². The van der Waals surface area contributed by atoms with E-state index in [-0.39, 0.29) is 0 Å². The Labute approximate surface area is 145 Å². The predicted octanol–water partition coefficient (Wildman–Crippen LogP) is 2.23. The molecule has 5 nitrogen and oxygen atoms in total. The Morgan fingerprint density at radius 1 is 1.17 bits per heavy atom. The number of quaternary nitrogens is 1. The van der Waals surface area contributed by atoms with E-state index < -0.39 is 10.0 Å². The van der Waals surface area contributed by atoms with Crippen LogP contribution in [0.15, 0.2) is 29.2 Å². The number of hydrogen-bond acceptors (Lipinski definition) is 3. The van der Waals surface area contributed by atoms with Crippen molar-refractivity contribution in [3.05, 3.63) is 29.8 Å². The number of sulfonamides is 1. The van der Waals surface area contributed by atoms with E-state index in [9.17, 15) is 8.42 Å². The van der Waals surface area contributed by atoms with Crippen LogP contribution in [0.25, 0.3) is 0 Å². The zero-order valence-corrected chi connectivity index (χ0v) is 15.6. The Bertz CT molecular complexity index is 661. The normalized spacial score (nSPS) is 21.2. The Hall–Kier alpha value is -0.950. The molecule has 6 heteroatoms. The van der Waals surface area contributed by atoms with Gasteiger partial charge in [-0.1, -0.05) is 12.1 Å². The first-order chi connectivity index (χ1) is 11.4. The van der Waals surface area contributed by atoms with Gasteiger partial charge in [-0.2, -0.15) is 4.31 Å². The largest absolute Gasteiger partial charge is 0.379 e. The van der Waals surface area contributed by atoms with Gasteiger partial charge in [0, 0.05) is 18.7 Å². The predicted molar refractivity (Wildman–Crippen MR) is 94.1 cm³/mol. The fourth-order valence-corrected chi connectivity index (χ4v) is 5.42. The topological polar surface area (TPSA) is 46.6 Å². The molecule has 2 fully saturated rings. The first-order valence-corrected chi connectivity index (χ1v) is 10.3. The van der Waals surface area contributed by atoms with Gasteiger partial charge in [0.2, 0.25) is 10.0 Å². The van der Waals surface area contributed by atoms with Gasteiger partial charge in [0.25, 0.3) is 0 Å². The summed E-state index contributed by atoms with van der Waals surface area (Å²) >= 11 is 0. The average molecular weight is 354 g/mol. The van der Waals surface area contributed by atoms with Crippen molar-refractivity contribution in [3.8, 4) is 0 Å². The fourth-order valence-electron chi connectivity index (χ4n) is 3.94. The second kappa shape index (κ2) is 7.12. The summed E-state index contributed by atoms with van der Waals surface area (Å²) in [6.45, 7) is 2.71. The van der Waals surface area contributed by atoms with E-state index in [0.29, 0.717) is 37.2 Å². The van der Waals surface area contributed by atoms with Gasteiger partial charge in [-0.05, 0) is 37.8 Å². The summed E-state index contributed by atoms with van der Waals surface area (Å²) in [5.74, 6) is 0. The highest BCUT2D eigenvalue weighted by atomic mass is 32.2. The molecule has 1 saturated carbocycles. The minimum Gasteiger partial charge on any atom is -0.379 e. The summed E-state index contributed by atoms with van der Waals surface area (Å²) in [5, 5.41) is 0. The Balaban J connectivity index is 1.78. The molecule has 0 unspecified atom stereocenters. The van der Waals surface area contributed by atoms with Gasteiger partial charge in [-0.3, -0.25) is 0 Å². The quantitative estimate of drug-likeness (QED) is 0.763. The molecule has 0 amide bonds. The van der Waals surface area contributed by atoms with E-state index in [1.165, 1.54) is 30.0 Å². The molecule has 0 aromatic heterocycles. The smallest absolute Gasteiger partial charge is 0.243 e. The molecule has 1 aromatic rings. The van der Waals surface area contributed by atoms with E-state index in [1.54, 1.807) is 6.07 Å². The van der Waals surface area contributed by atoms with Crippen molar-refractivity contribution in [1.29, 1.82) is 0 Å². The van der Waals surface area contributed by atoms with E-state index in [2.05, 4.69) is 14.1 Å². The van der Waals surface area contributed by atoms with Crippen molar-refractivity contribution in [2.75, 3.05) is 40.4 Å². The summed E-state index contributed by atoms with van der Waals surface area (Å²) in [5.41, 5.74) is 1.10. The van der Waals surface area contributed by atoms with Crippen LogP contribution >= 0.6 is 0 Å². The maximum absolute atomic E-state index is 12.8. The zero-order chi connectivity index (χ0) is 17.2. The molecule has 0 spiro atoms. The van der Waals surface area contributed by atoms with Crippen molar-refractivity contribution >= 4 is 10.0 Å². The van der Waals surface area contributed by atoms with Gasteiger partial charge < -0.3 is 9.22 Å². The van der Waals surface area contributed by atoms with Crippen molar-refractivity contribution in [3.63, 3.8) is 0 Å². The first-order valence-electron chi connectivity index (χ1n) is 8.89. The highest BCUT2D eigenvalue weighted by molar-refractivity contribution is 7.89. The second-order valence-electron chi connectivity index (χ2n) is 7.54. The molecule has 0 bridgehead atoms. The number of morpholine rings is 1. The molecular weight excluding hydrogens is 324 g/mol. The maximum atomic E-state index is 12.8. The molecule has 1 saturated heterocycles. The number of benzene rings is 1. The van der Waals surface area contributed by atoms with Gasteiger partial charge >= 0.3 is 0 Å². The number of nitrogens with zero attached hydrogens (tertiary/aromatic N) is 2. The summed E-state index contributed by atoms with van der Waals surface area (Å²) in [6, 6.07) is 8.18. The van der Waals surface area contributed by atoms with Crippen LogP contribution in [0, 0.1) is 0 Å². The lowest BCUT2D eigenvalue weighted by molar-refractivity contribution is -0.927. The summed E-state index contributed by atoms with van der Waals surface area (Å²) in [7, 11) is 1.11. The lowest BCUT2D eigenvalue weighted by atomic mass is 10.1. The minimum atomic E-state index is -3.41. The van der Waals surface area contributed by atoms with Crippen LogP contribution in [-0.4, -0.2) is 63.6 Å². The average Bonchev–Trinajstić information content (AvgIpc) is 3.11. The summed E-state index contributed by atoms with van der Waals surface area (Å²) in [6.07, 6.45) is 5.19. The molecule has 0 atom stereocenters. The van der Waals surface area contributed by atoms with Crippen LogP contribution in [0.1, 0.15) is 31.2 Å². The highest BCUT2D eigenvalue weighted by Crippen LogP contribution is 2.29. The van der Waals surface area contributed by atoms with Crippen LogP contribution in [-0.2, 0) is 21.3 Å². The van der Waals surface area contributed by atoms with Crippen LogP contribution in [0.5, 0.6) is 0 Å². The fraction of sp³-hybridized carbons (Fsp3) is 0.667. The molecule has 3 rings (SSSR count). The Kier molecular flexibility index (Phi) is 5.30. The first kappa shape index (κ1) is 17.9. The molecule has 1 aliphatic heterocycles. The number of hydrogen-bond donors (Lipinski definition) is 0. The molecule has 134 valence electrons. The highest BCUT2D eigenvalue weighted by Gasteiger charge is 2.32. The van der Waals surface area contributed by atoms with Crippen molar-refractivity contribution in [2.45, 2.75) is 43.2 Å². The number of rotatable bonds is 5. The van der Waals surface area contributed by atoms with Gasteiger partial charge in [0.1, 0.15) is 6.54 Å². The van der Waals surface area contributed by atoms with Gasteiger partial charge in [0.15, 0.2) is 0 Å². The molecule has 24 heavy (non-hydrogen) atoms. The van der Waals surface area contributed by atoms with Crippen molar-refractivity contribution < 1.29 is 17.6 Å². The molecule has 1 aromatic carbocycles. The van der Waals surface area contributed by atoms with Gasteiger partial charge in [-0.25, -0.2) is 8.42 Å². The third-order valence-electron chi connectivity index (χ3n) is 5.41. The summed E-state index contributed by atoms with van der Waals surface area (Å²) in [4.78, 5) is 0.410. The van der Waals surface area contributed by atoms with Crippen LogP contribution in [0.4, 0.5) is 0 Å². The molecule has 1 heterocycles. The van der Waals surface area contributed by atoms with E-state index in [0.717, 1.165) is 16.6 Å². The molecule has 0 N–H and O–H groups in total. The van der Waals surface area contributed by atoms with Gasteiger partial charge in [-0.15, -0.1) is 0 Å². The van der Waals surface area contributed by atoms with Crippen LogP contribution in [0.2, 0.25) is 0 Å². The maximum Gasteiger partial charge on any atom is 0.243 e. The van der Waals surface area contributed by atoms with Gasteiger partial charge in [0.05, 0.1) is 38.2 Å². The Morgan fingerprint density at radius 2 is 1.83 bits per heavy atom. The minimum absolute atomic E-state index is 0.410. The third-order valence-corrected chi connectivity index (χ3v) is 7.30. The van der Waals surface area contributed by atoms with Crippen molar-refractivity contribution in [2.24, 2.45) is 0 Å². The summed E-state index contributed by atoms with van der Waals surface area (Å²) < 4.78 is 33.4. The van der Waals surface area contributed by atoms with Crippen LogP contribution in [0.3, 0.4) is 0 Å². The monoisotopic (exact) mass is 353 g/mol. The molecule has 1 aliphatic carbocycles. The lowest BCUT2D eigenvalue weighted by Gasteiger charge is -2.36. The Morgan fingerprint density at radius 3 is 2.50 bits per heavy atom. The van der Waals surface area contributed by atoms with E-state index in [4.69, 9.17) is 4.74 Å².